The number of halogens is 2. The van der Waals surface area contributed by atoms with Crippen LogP contribution < -0.4 is 0 Å². The van der Waals surface area contributed by atoms with E-state index in [0.29, 0.717) is 16.8 Å². The van der Waals surface area contributed by atoms with Crippen molar-refractivity contribution in [2.24, 2.45) is 0 Å². The molecule has 0 spiro atoms. The third kappa shape index (κ3) is 2.96. The number of thioether (sulfide) groups is 1. The average Bonchev–Trinajstić information content (AvgIpc) is 3.08. The van der Waals surface area contributed by atoms with Crippen LogP contribution in [0.4, 0.5) is 4.39 Å². The zero-order chi connectivity index (χ0) is 13.9. The van der Waals surface area contributed by atoms with Crippen molar-refractivity contribution < 1.29 is 4.39 Å². The van der Waals surface area contributed by atoms with Crippen LogP contribution in [0.25, 0.3) is 0 Å². The Balaban J connectivity index is 1.70. The highest BCUT2D eigenvalue weighted by molar-refractivity contribution is 7.98. The summed E-state index contributed by atoms with van der Waals surface area (Å²) in [4.78, 5) is 0. The highest BCUT2D eigenvalue weighted by Gasteiger charge is 2.21. The summed E-state index contributed by atoms with van der Waals surface area (Å²) in [5, 5.41) is 13.2. The quantitative estimate of drug-likeness (QED) is 0.804. The van der Waals surface area contributed by atoms with Crippen molar-refractivity contribution in [2.45, 2.75) is 42.6 Å². The lowest BCUT2D eigenvalue weighted by molar-refractivity contribution is 0.423. The molecule has 20 heavy (non-hydrogen) atoms. The van der Waals surface area contributed by atoms with Gasteiger partial charge in [-0.1, -0.05) is 42.3 Å². The van der Waals surface area contributed by atoms with Gasteiger partial charge in [-0.3, -0.25) is 0 Å². The van der Waals surface area contributed by atoms with E-state index in [-0.39, 0.29) is 5.82 Å². The number of benzene rings is 1. The minimum Gasteiger partial charge on any atom is -0.217 e. The fourth-order valence-corrected chi connectivity index (χ4v) is 3.70. The lowest BCUT2D eigenvalue weighted by Gasteiger charge is -2.11. The summed E-state index contributed by atoms with van der Waals surface area (Å²) in [6.45, 7) is 0. The molecule has 1 aromatic heterocycles. The van der Waals surface area contributed by atoms with Crippen LogP contribution in [-0.4, -0.2) is 20.2 Å². The van der Waals surface area contributed by atoms with Crippen molar-refractivity contribution in [1.82, 2.24) is 20.2 Å². The minimum absolute atomic E-state index is 0.320. The Hall–Kier alpha value is -1.14. The number of hydrogen-bond donors (Lipinski definition) is 0. The van der Waals surface area contributed by atoms with Gasteiger partial charge in [0.15, 0.2) is 0 Å². The molecule has 0 aliphatic heterocycles. The van der Waals surface area contributed by atoms with E-state index in [1.807, 2.05) is 4.68 Å². The van der Waals surface area contributed by atoms with E-state index in [0.717, 1.165) is 23.6 Å². The second-order valence-electron chi connectivity index (χ2n) is 4.87. The molecule has 1 aromatic carbocycles. The first-order valence-corrected chi connectivity index (χ1v) is 7.95. The van der Waals surface area contributed by atoms with Gasteiger partial charge in [0.25, 0.3) is 0 Å². The third-order valence-corrected chi connectivity index (χ3v) is 4.84. The van der Waals surface area contributed by atoms with Crippen LogP contribution >= 0.6 is 23.4 Å². The molecular formula is C13H14ClFN4S. The maximum absolute atomic E-state index is 13.0. The Kier molecular flexibility index (Phi) is 4.21. The lowest BCUT2D eigenvalue weighted by atomic mass is 10.2. The van der Waals surface area contributed by atoms with Crippen molar-refractivity contribution in [1.29, 1.82) is 0 Å². The molecule has 0 unspecified atom stereocenters. The minimum atomic E-state index is -0.320. The summed E-state index contributed by atoms with van der Waals surface area (Å²) < 4.78 is 14.9. The van der Waals surface area contributed by atoms with Crippen molar-refractivity contribution in [2.75, 3.05) is 0 Å². The van der Waals surface area contributed by atoms with Gasteiger partial charge in [-0.15, -0.1) is 5.10 Å². The second-order valence-corrected chi connectivity index (χ2v) is 6.22. The first-order valence-electron chi connectivity index (χ1n) is 6.58. The third-order valence-electron chi connectivity index (χ3n) is 3.51. The molecule has 1 fully saturated rings. The van der Waals surface area contributed by atoms with Crippen LogP contribution in [0.2, 0.25) is 5.02 Å². The van der Waals surface area contributed by atoms with E-state index in [2.05, 4.69) is 15.5 Å². The standard InChI is InChI=1S/C13H14ClFN4S/c14-12-7-10(15)6-5-9(12)8-20-13-16-17-18-19(13)11-3-1-2-4-11/h5-7,11H,1-4,8H2. The zero-order valence-electron chi connectivity index (χ0n) is 10.8. The number of hydrogen-bond acceptors (Lipinski definition) is 4. The van der Waals surface area contributed by atoms with Gasteiger partial charge in [0.2, 0.25) is 5.16 Å². The summed E-state index contributed by atoms with van der Waals surface area (Å²) in [5.41, 5.74) is 0.888. The molecule has 0 amide bonds. The highest BCUT2D eigenvalue weighted by atomic mass is 35.5. The molecule has 0 N–H and O–H groups in total. The summed E-state index contributed by atoms with van der Waals surface area (Å²) in [5.74, 6) is 0.311. The topological polar surface area (TPSA) is 43.6 Å². The van der Waals surface area contributed by atoms with E-state index in [1.165, 1.54) is 36.7 Å². The number of rotatable bonds is 4. The van der Waals surface area contributed by atoms with Gasteiger partial charge >= 0.3 is 0 Å². The van der Waals surface area contributed by atoms with Crippen LogP contribution in [0.15, 0.2) is 23.4 Å². The van der Waals surface area contributed by atoms with E-state index in [1.54, 1.807) is 6.07 Å². The Bertz CT molecular complexity index is 598. The lowest BCUT2D eigenvalue weighted by Crippen LogP contribution is -2.08. The first-order chi connectivity index (χ1) is 9.74. The van der Waals surface area contributed by atoms with E-state index >= 15 is 0 Å². The van der Waals surface area contributed by atoms with Crippen LogP contribution in [0.5, 0.6) is 0 Å². The number of tetrazole rings is 1. The summed E-state index contributed by atoms with van der Waals surface area (Å²) >= 11 is 7.56. The molecule has 1 aliphatic rings. The fraction of sp³-hybridized carbons (Fsp3) is 0.462. The fourth-order valence-electron chi connectivity index (χ4n) is 2.44. The molecule has 7 heteroatoms. The normalized spacial score (nSPS) is 15.9. The Labute approximate surface area is 125 Å². The number of aromatic nitrogens is 4. The molecule has 106 valence electrons. The van der Waals surface area contributed by atoms with Gasteiger partial charge in [0.05, 0.1) is 6.04 Å². The maximum atomic E-state index is 13.0. The SMILES string of the molecule is Fc1ccc(CSc2nnnn2C2CCCC2)c(Cl)c1. The predicted molar refractivity (Wildman–Crippen MR) is 76.3 cm³/mol. The van der Waals surface area contributed by atoms with E-state index < -0.39 is 0 Å². The first kappa shape index (κ1) is 13.8. The maximum Gasteiger partial charge on any atom is 0.209 e. The smallest absolute Gasteiger partial charge is 0.209 e. The monoisotopic (exact) mass is 312 g/mol. The van der Waals surface area contributed by atoms with Gasteiger partial charge in [-0.2, -0.15) is 0 Å². The molecule has 2 aromatic rings. The van der Waals surface area contributed by atoms with Crippen LogP contribution in [-0.2, 0) is 5.75 Å². The molecule has 4 nitrogen and oxygen atoms in total. The van der Waals surface area contributed by atoms with Crippen molar-refractivity contribution in [3.8, 4) is 0 Å². The Morgan fingerprint density at radius 2 is 2.15 bits per heavy atom. The molecule has 3 rings (SSSR count). The van der Waals surface area contributed by atoms with Gasteiger partial charge in [0.1, 0.15) is 5.82 Å². The van der Waals surface area contributed by atoms with Crippen molar-refractivity contribution in [3.63, 3.8) is 0 Å². The van der Waals surface area contributed by atoms with Gasteiger partial charge in [-0.25, -0.2) is 9.07 Å². The van der Waals surface area contributed by atoms with Gasteiger partial charge < -0.3 is 0 Å². The summed E-state index contributed by atoms with van der Waals surface area (Å²) in [7, 11) is 0. The van der Waals surface area contributed by atoms with Gasteiger partial charge in [-0.05, 0) is 41.0 Å². The highest BCUT2D eigenvalue weighted by Crippen LogP contribution is 2.33. The number of nitrogens with zero attached hydrogens (tertiary/aromatic N) is 4. The molecule has 1 saturated carbocycles. The van der Waals surface area contributed by atoms with Crippen molar-refractivity contribution in [3.05, 3.63) is 34.6 Å². The van der Waals surface area contributed by atoms with Gasteiger partial charge in [0, 0.05) is 10.8 Å². The van der Waals surface area contributed by atoms with Crippen LogP contribution in [0.1, 0.15) is 37.3 Å². The van der Waals surface area contributed by atoms with Crippen molar-refractivity contribution >= 4 is 23.4 Å². The molecule has 0 atom stereocenters. The second kappa shape index (κ2) is 6.10. The molecule has 0 radical (unpaired) electrons. The summed E-state index contributed by atoms with van der Waals surface area (Å²) in [6.07, 6.45) is 4.74. The summed E-state index contributed by atoms with van der Waals surface area (Å²) in [6, 6.07) is 4.87. The Morgan fingerprint density at radius 3 is 2.90 bits per heavy atom. The zero-order valence-corrected chi connectivity index (χ0v) is 12.4. The average molecular weight is 313 g/mol. The van der Waals surface area contributed by atoms with E-state index in [4.69, 9.17) is 11.6 Å². The van der Waals surface area contributed by atoms with Crippen LogP contribution in [0, 0.1) is 5.82 Å². The van der Waals surface area contributed by atoms with E-state index in [9.17, 15) is 4.39 Å². The molecule has 0 saturated heterocycles. The molecule has 1 aliphatic carbocycles. The molecule has 0 bridgehead atoms. The van der Waals surface area contributed by atoms with Crippen LogP contribution in [0.3, 0.4) is 0 Å². The Morgan fingerprint density at radius 1 is 1.35 bits per heavy atom. The molecule has 1 heterocycles. The predicted octanol–water partition coefficient (Wildman–Crippen LogP) is 3.87. The molecular weight excluding hydrogens is 299 g/mol. The largest absolute Gasteiger partial charge is 0.217 e.